The predicted molar refractivity (Wildman–Crippen MR) is 117 cm³/mol. The zero-order valence-electron chi connectivity index (χ0n) is 16.9. The summed E-state index contributed by atoms with van der Waals surface area (Å²) in [6.07, 6.45) is 2.95. The van der Waals surface area contributed by atoms with Gasteiger partial charge in [0.15, 0.2) is 0 Å². The van der Waals surface area contributed by atoms with E-state index >= 15 is 0 Å². The lowest BCUT2D eigenvalue weighted by Gasteiger charge is -2.24. The van der Waals surface area contributed by atoms with E-state index in [-0.39, 0.29) is 17.8 Å². The SMILES string of the molecule is CCCNc1ccc(C(=O)N2CCCC(CC(=O)OC)c3ccccc32)c(Cl)c1. The Morgan fingerprint density at radius 1 is 1.24 bits per heavy atom. The number of esters is 1. The van der Waals surface area contributed by atoms with Gasteiger partial charge in [-0.1, -0.05) is 36.7 Å². The van der Waals surface area contributed by atoms with Gasteiger partial charge in [0, 0.05) is 24.5 Å². The van der Waals surface area contributed by atoms with E-state index in [9.17, 15) is 9.59 Å². The van der Waals surface area contributed by atoms with Gasteiger partial charge in [-0.05, 0) is 55.0 Å². The van der Waals surface area contributed by atoms with Crippen LogP contribution in [-0.2, 0) is 9.53 Å². The lowest BCUT2D eigenvalue weighted by molar-refractivity contribution is -0.141. The van der Waals surface area contributed by atoms with E-state index in [1.165, 1.54) is 7.11 Å². The standard InChI is InChI=1S/C23H27ClN2O3/c1-3-12-25-17-10-11-19(20(24)15-17)23(28)26-13-6-7-16(14-22(27)29-2)18-8-4-5-9-21(18)26/h4-5,8-11,15-16,25H,3,6-7,12-14H2,1-2H3. The molecule has 0 saturated carbocycles. The first-order chi connectivity index (χ1) is 14.0. The van der Waals surface area contributed by atoms with Crippen molar-refractivity contribution in [3.63, 3.8) is 0 Å². The maximum absolute atomic E-state index is 13.4. The molecule has 1 aliphatic heterocycles. The second-order valence-corrected chi connectivity index (χ2v) is 7.66. The van der Waals surface area contributed by atoms with Crippen LogP contribution in [0.15, 0.2) is 42.5 Å². The van der Waals surface area contributed by atoms with Crippen LogP contribution in [0.2, 0.25) is 5.02 Å². The summed E-state index contributed by atoms with van der Waals surface area (Å²) in [5, 5.41) is 3.72. The molecule has 1 heterocycles. The summed E-state index contributed by atoms with van der Waals surface area (Å²) in [5.74, 6) is -0.321. The van der Waals surface area contributed by atoms with Crippen molar-refractivity contribution >= 4 is 34.9 Å². The van der Waals surface area contributed by atoms with E-state index in [2.05, 4.69) is 12.2 Å². The van der Waals surface area contributed by atoms with Crippen molar-refractivity contribution < 1.29 is 14.3 Å². The fourth-order valence-corrected chi connectivity index (χ4v) is 4.03. The van der Waals surface area contributed by atoms with E-state index < -0.39 is 0 Å². The maximum Gasteiger partial charge on any atom is 0.306 e. The van der Waals surface area contributed by atoms with Gasteiger partial charge in [-0.3, -0.25) is 9.59 Å². The second-order valence-electron chi connectivity index (χ2n) is 7.26. The number of hydrogen-bond donors (Lipinski definition) is 1. The fraction of sp³-hybridized carbons (Fsp3) is 0.391. The first-order valence-electron chi connectivity index (χ1n) is 10.1. The number of ether oxygens (including phenoxy) is 1. The Morgan fingerprint density at radius 2 is 2.03 bits per heavy atom. The maximum atomic E-state index is 13.4. The van der Waals surface area contributed by atoms with Gasteiger partial charge in [0.1, 0.15) is 0 Å². The van der Waals surface area contributed by atoms with Gasteiger partial charge in [-0.25, -0.2) is 0 Å². The molecular formula is C23H27ClN2O3. The molecule has 29 heavy (non-hydrogen) atoms. The predicted octanol–water partition coefficient (Wildman–Crippen LogP) is 5.25. The van der Waals surface area contributed by atoms with E-state index in [1.54, 1.807) is 17.0 Å². The van der Waals surface area contributed by atoms with Gasteiger partial charge in [0.05, 0.1) is 24.1 Å². The van der Waals surface area contributed by atoms with Crippen LogP contribution in [0.1, 0.15) is 54.4 Å². The Morgan fingerprint density at radius 3 is 2.76 bits per heavy atom. The van der Waals surface area contributed by atoms with Crippen molar-refractivity contribution in [2.45, 2.75) is 38.5 Å². The number of para-hydroxylation sites is 1. The molecule has 2 aromatic rings. The third kappa shape index (κ3) is 4.91. The van der Waals surface area contributed by atoms with Crippen molar-refractivity contribution in [1.82, 2.24) is 0 Å². The fourth-order valence-electron chi connectivity index (χ4n) is 3.77. The number of nitrogens with zero attached hydrogens (tertiary/aromatic N) is 1. The number of nitrogens with one attached hydrogen (secondary N) is 1. The first-order valence-corrected chi connectivity index (χ1v) is 10.4. The number of hydrogen-bond acceptors (Lipinski definition) is 4. The zero-order valence-corrected chi connectivity index (χ0v) is 17.7. The van der Waals surface area contributed by atoms with Crippen LogP contribution in [0.25, 0.3) is 0 Å². The molecule has 2 aromatic carbocycles. The number of methoxy groups -OCH3 is 1. The van der Waals surface area contributed by atoms with Crippen LogP contribution < -0.4 is 10.2 Å². The van der Waals surface area contributed by atoms with Crippen molar-refractivity contribution in [3.05, 3.63) is 58.6 Å². The number of carbonyl (C=O) groups is 2. The number of carbonyl (C=O) groups excluding carboxylic acids is 2. The molecule has 0 fully saturated rings. The summed E-state index contributed by atoms with van der Waals surface area (Å²) in [6, 6.07) is 13.3. The quantitative estimate of drug-likeness (QED) is 0.656. The average Bonchev–Trinajstić information content (AvgIpc) is 2.91. The van der Waals surface area contributed by atoms with Crippen molar-refractivity contribution in [2.75, 3.05) is 30.4 Å². The molecule has 3 rings (SSSR count). The van der Waals surface area contributed by atoms with Crippen LogP contribution in [-0.4, -0.2) is 32.1 Å². The summed E-state index contributed by atoms with van der Waals surface area (Å²) < 4.78 is 4.86. The van der Waals surface area contributed by atoms with E-state index in [0.717, 1.165) is 42.7 Å². The average molecular weight is 415 g/mol. The van der Waals surface area contributed by atoms with Crippen LogP contribution in [0.3, 0.4) is 0 Å². The zero-order chi connectivity index (χ0) is 20.8. The van der Waals surface area contributed by atoms with Gasteiger partial charge >= 0.3 is 5.97 Å². The summed E-state index contributed by atoms with van der Waals surface area (Å²) in [6.45, 7) is 3.53. The smallest absolute Gasteiger partial charge is 0.306 e. The molecular weight excluding hydrogens is 388 g/mol. The highest BCUT2D eigenvalue weighted by Gasteiger charge is 2.29. The molecule has 0 bridgehead atoms. The van der Waals surface area contributed by atoms with Gasteiger partial charge in [0.2, 0.25) is 0 Å². The summed E-state index contributed by atoms with van der Waals surface area (Å²) in [4.78, 5) is 27.0. The Labute approximate surface area is 177 Å². The highest BCUT2D eigenvalue weighted by molar-refractivity contribution is 6.34. The molecule has 1 atom stereocenters. The van der Waals surface area contributed by atoms with Crippen LogP contribution in [0.4, 0.5) is 11.4 Å². The lowest BCUT2D eigenvalue weighted by atomic mass is 9.91. The number of rotatable bonds is 6. The van der Waals surface area contributed by atoms with Crippen molar-refractivity contribution in [2.24, 2.45) is 0 Å². The lowest BCUT2D eigenvalue weighted by Crippen LogP contribution is -2.32. The number of halogens is 1. The highest BCUT2D eigenvalue weighted by atomic mass is 35.5. The molecule has 0 spiro atoms. The van der Waals surface area contributed by atoms with Gasteiger partial charge in [-0.2, -0.15) is 0 Å². The van der Waals surface area contributed by atoms with Gasteiger partial charge in [0.25, 0.3) is 5.91 Å². The number of benzene rings is 2. The molecule has 1 amide bonds. The van der Waals surface area contributed by atoms with Crippen molar-refractivity contribution in [1.29, 1.82) is 0 Å². The Kier molecular flexibility index (Phi) is 7.15. The monoisotopic (exact) mass is 414 g/mol. The molecule has 0 saturated heterocycles. The molecule has 5 nitrogen and oxygen atoms in total. The molecule has 0 radical (unpaired) electrons. The van der Waals surface area contributed by atoms with Crippen LogP contribution >= 0.6 is 11.6 Å². The van der Waals surface area contributed by atoms with E-state index in [4.69, 9.17) is 16.3 Å². The summed E-state index contributed by atoms with van der Waals surface area (Å²) >= 11 is 6.46. The molecule has 0 aromatic heterocycles. The molecule has 1 unspecified atom stereocenters. The summed E-state index contributed by atoms with van der Waals surface area (Å²) in [5.41, 5.74) is 3.23. The van der Waals surface area contributed by atoms with E-state index in [0.29, 0.717) is 23.6 Å². The van der Waals surface area contributed by atoms with Crippen molar-refractivity contribution in [3.8, 4) is 0 Å². The first kappa shape index (κ1) is 21.2. The molecule has 6 heteroatoms. The topological polar surface area (TPSA) is 58.6 Å². The Balaban J connectivity index is 1.90. The highest BCUT2D eigenvalue weighted by Crippen LogP contribution is 2.37. The summed E-state index contributed by atoms with van der Waals surface area (Å²) in [7, 11) is 1.40. The molecule has 0 aliphatic carbocycles. The van der Waals surface area contributed by atoms with Crippen LogP contribution in [0.5, 0.6) is 0 Å². The molecule has 154 valence electrons. The normalized spacial score (nSPS) is 16.0. The minimum Gasteiger partial charge on any atom is -0.469 e. The molecule has 1 N–H and O–H groups in total. The van der Waals surface area contributed by atoms with Gasteiger partial charge < -0.3 is 15.0 Å². The minimum absolute atomic E-state index is 0.0348. The number of amides is 1. The minimum atomic E-state index is -0.234. The largest absolute Gasteiger partial charge is 0.469 e. The van der Waals surface area contributed by atoms with Gasteiger partial charge in [-0.15, -0.1) is 0 Å². The Bertz CT molecular complexity index is 884. The number of anilines is 2. The second kappa shape index (κ2) is 9.79. The third-order valence-electron chi connectivity index (χ3n) is 5.27. The molecule has 1 aliphatic rings. The third-order valence-corrected chi connectivity index (χ3v) is 5.58. The van der Waals surface area contributed by atoms with E-state index in [1.807, 2.05) is 30.3 Å². The Hall–Kier alpha value is -2.53. The number of fused-ring (bicyclic) bond motifs is 1. The van der Waals surface area contributed by atoms with Crippen LogP contribution in [0, 0.1) is 0 Å².